The second-order valence-electron chi connectivity index (χ2n) is 4.13. The molecular weight excluding hydrogens is 255 g/mol. The van der Waals surface area contributed by atoms with E-state index in [9.17, 15) is 4.79 Å². The van der Waals surface area contributed by atoms with E-state index in [1.165, 1.54) is 6.42 Å². The summed E-state index contributed by atoms with van der Waals surface area (Å²) in [6, 6.07) is 0. The molecule has 0 heterocycles. The minimum absolute atomic E-state index is 0. The zero-order chi connectivity index (χ0) is 8.48. The first-order valence-corrected chi connectivity index (χ1v) is 4.27. The summed E-state index contributed by atoms with van der Waals surface area (Å²) in [7, 11) is 0. The van der Waals surface area contributed by atoms with Crippen molar-refractivity contribution in [3.8, 4) is 0 Å². The molecule has 1 atom stereocenters. The summed E-state index contributed by atoms with van der Waals surface area (Å²) in [5, 5.41) is 8.87. The molecule has 0 spiro atoms. The molecule has 12 heavy (non-hydrogen) atoms. The topological polar surface area (TPSA) is 37.3 Å². The number of aliphatic carboxylic acids is 1. The van der Waals surface area contributed by atoms with Crippen LogP contribution in [-0.4, -0.2) is 36.9 Å². The van der Waals surface area contributed by atoms with Gasteiger partial charge in [-0.05, 0) is 18.3 Å². The van der Waals surface area contributed by atoms with Crippen molar-refractivity contribution in [2.45, 2.75) is 39.5 Å². The third-order valence-corrected chi connectivity index (χ3v) is 2.81. The van der Waals surface area contributed by atoms with Gasteiger partial charge in [0, 0.05) is 0 Å². The van der Waals surface area contributed by atoms with E-state index in [1.807, 2.05) is 0 Å². The van der Waals surface area contributed by atoms with Gasteiger partial charge in [0.05, 0.1) is 5.92 Å². The summed E-state index contributed by atoms with van der Waals surface area (Å²) in [6.07, 6.45) is 4.20. The third-order valence-electron chi connectivity index (χ3n) is 2.81. The van der Waals surface area contributed by atoms with Crippen molar-refractivity contribution in [2.24, 2.45) is 11.3 Å². The van der Waals surface area contributed by atoms with Gasteiger partial charge in [0.1, 0.15) is 0 Å². The first kappa shape index (κ1) is 12.3. The third kappa shape index (κ3) is 2.68. The monoisotopic (exact) mass is 274 g/mol. The number of carbonyl (C=O) groups is 1. The Morgan fingerprint density at radius 2 is 2.00 bits per heavy atom. The molecule has 1 rings (SSSR count). The normalized spacial score (nSPS) is 27.3. The van der Waals surface area contributed by atoms with Crippen molar-refractivity contribution in [2.75, 3.05) is 0 Å². The molecule has 0 aromatic carbocycles. The van der Waals surface area contributed by atoms with E-state index < -0.39 is 5.97 Å². The van der Waals surface area contributed by atoms with Crippen LogP contribution < -0.4 is 0 Å². The summed E-state index contributed by atoms with van der Waals surface area (Å²) in [5.41, 5.74) is 0.0179. The molecule has 1 unspecified atom stereocenters. The molecule has 0 bridgehead atoms. The van der Waals surface area contributed by atoms with Crippen LogP contribution in [-0.2, 0) is 4.79 Å². The summed E-state index contributed by atoms with van der Waals surface area (Å²) in [4.78, 5) is 10.8. The first-order valence-electron chi connectivity index (χ1n) is 4.27. The average Bonchev–Trinajstić information content (AvgIpc) is 1.85. The van der Waals surface area contributed by atoms with Gasteiger partial charge in [-0.15, -0.1) is 0 Å². The molecule has 0 aliphatic heterocycles. The quantitative estimate of drug-likeness (QED) is 0.777. The number of carboxylic acids is 1. The van der Waals surface area contributed by atoms with Crippen LogP contribution in [0.3, 0.4) is 0 Å². The molecular formula is C9H19InO2. The molecule has 0 amide bonds. The predicted molar refractivity (Wildman–Crippen MR) is 53.3 cm³/mol. The second kappa shape index (κ2) is 4.54. The van der Waals surface area contributed by atoms with E-state index in [4.69, 9.17) is 5.11 Å². The number of rotatable bonds is 1. The van der Waals surface area contributed by atoms with Gasteiger partial charge in [0.2, 0.25) is 0 Å². The Balaban J connectivity index is 0.00000121. The maximum absolute atomic E-state index is 10.8. The Morgan fingerprint density at radius 3 is 2.33 bits per heavy atom. The average molecular weight is 274 g/mol. The summed E-state index contributed by atoms with van der Waals surface area (Å²) in [6.45, 7) is 4.12. The second-order valence-corrected chi connectivity index (χ2v) is 4.13. The van der Waals surface area contributed by atoms with E-state index in [1.54, 1.807) is 0 Å². The number of hydrogen-bond donors (Lipinski definition) is 1. The molecule has 0 saturated heterocycles. The van der Waals surface area contributed by atoms with Gasteiger partial charge >= 0.3 is 31.8 Å². The molecule has 1 aliphatic carbocycles. The van der Waals surface area contributed by atoms with Crippen LogP contribution in [0.2, 0.25) is 0 Å². The van der Waals surface area contributed by atoms with Crippen LogP contribution in [0.15, 0.2) is 0 Å². The SMILES string of the molecule is CC1(C)CCCCC1C(=O)O.[InH3]. The van der Waals surface area contributed by atoms with Gasteiger partial charge in [-0.2, -0.15) is 0 Å². The number of hydrogen-bond acceptors (Lipinski definition) is 1. The van der Waals surface area contributed by atoms with Crippen LogP contribution in [0.4, 0.5) is 0 Å². The van der Waals surface area contributed by atoms with Crippen molar-refractivity contribution >= 4 is 31.8 Å². The Morgan fingerprint density at radius 1 is 1.42 bits per heavy atom. The fourth-order valence-electron chi connectivity index (χ4n) is 1.95. The zero-order valence-corrected chi connectivity index (χ0v) is 7.26. The van der Waals surface area contributed by atoms with Crippen molar-refractivity contribution in [1.29, 1.82) is 0 Å². The molecule has 1 aliphatic rings. The van der Waals surface area contributed by atoms with Crippen LogP contribution >= 0.6 is 0 Å². The van der Waals surface area contributed by atoms with E-state index in [2.05, 4.69) is 13.8 Å². The molecule has 1 saturated carbocycles. The van der Waals surface area contributed by atoms with Gasteiger partial charge in [-0.25, -0.2) is 0 Å². The van der Waals surface area contributed by atoms with E-state index in [0.29, 0.717) is 0 Å². The van der Waals surface area contributed by atoms with Crippen LogP contribution in [0.25, 0.3) is 0 Å². The fraction of sp³-hybridized carbons (Fsp3) is 0.889. The van der Waals surface area contributed by atoms with Crippen molar-refractivity contribution < 1.29 is 9.90 Å². The Kier molecular flexibility index (Phi) is 4.67. The molecule has 1 fully saturated rings. The van der Waals surface area contributed by atoms with Gasteiger partial charge in [-0.1, -0.05) is 26.7 Å². The first-order chi connectivity index (χ1) is 5.04. The van der Waals surface area contributed by atoms with E-state index in [-0.39, 0.29) is 37.2 Å². The maximum atomic E-state index is 10.8. The fourth-order valence-corrected chi connectivity index (χ4v) is 1.95. The Bertz CT molecular complexity index is 166. The van der Waals surface area contributed by atoms with Gasteiger partial charge in [0.15, 0.2) is 0 Å². The van der Waals surface area contributed by atoms with Gasteiger partial charge in [-0.3, -0.25) is 4.79 Å². The molecule has 70 valence electrons. The van der Waals surface area contributed by atoms with Gasteiger partial charge < -0.3 is 5.11 Å². The molecule has 1 N–H and O–H groups in total. The molecule has 2 nitrogen and oxygen atoms in total. The molecule has 0 radical (unpaired) electrons. The van der Waals surface area contributed by atoms with Crippen molar-refractivity contribution in [3.63, 3.8) is 0 Å². The van der Waals surface area contributed by atoms with Gasteiger partial charge in [0.25, 0.3) is 0 Å². The van der Waals surface area contributed by atoms with Crippen molar-refractivity contribution in [3.05, 3.63) is 0 Å². The zero-order valence-electron chi connectivity index (χ0n) is 7.26. The van der Waals surface area contributed by atoms with E-state index in [0.717, 1.165) is 19.3 Å². The summed E-state index contributed by atoms with van der Waals surface area (Å²) >= 11 is 0. The van der Waals surface area contributed by atoms with Crippen LogP contribution in [0, 0.1) is 11.3 Å². The Labute approximate surface area is 92.5 Å². The summed E-state index contributed by atoms with van der Waals surface area (Å²) in [5.74, 6) is -0.731. The standard InChI is InChI=1S/C9H16O2.In.3H/c1-9(2)6-4-3-5-7(9)8(10)11;;;;/h7H,3-6H2,1-2H3,(H,10,11);;;;. The number of carboxylic acid groups (broad SMARTS) is 1. The Hall–Kier alpha value is 0.340. The van der Waals surface area contributed by atoms with E-state index >= 15 is 0 Å². The van der Waals surface area contributed by atoms with Crippen molar-refractivity contribution in [1.82, 2.24) is 0 Å². The minimum atomic E-state index is -0.616. The van der Waals surface area contributed by atoms with Crippen LogP contribution in [0.1, 0.15) is 39.5 Å². The predicted octanol–water partition coefficient (Wildman–Crippen LogP) is 1.10. The molecule has 3 heteroatoms. The summed E-state index contributed by atoms with van der Waals surface area (Å²) < 4.78 is 0. The molecule has 0 aromatic heterocycles. The van der Waals surface area contributed by atoms with Crippen LogP contribution in [0.5, 0.6) is 0 Å². The molecule has 0 aromatic rings.